The monoisotopic (exact) mass is 276 g/mol. The molecule has 0 atom stereocenters. The van der Waals surface area contributed by atoms with Crippen molar-refractivity contribution in [1.82, 2.24) is 0 Å². The van der Waals surface area contributed by atoms with Crippen molar-refractivity contribution in [2.45, 2.75) is 51.2 Å². The third-order valence-corrected chi connectivity index (χ3v) is 3.62. The van der Waals surface area contributed by atoms with Crippen molar-refractivity contribution in [2.75, 3.05) is 6.61 Å². The third-order valence-electron chi connectivity index (χ3n) is 3.62. The number of hydrogen-bond donors (Lipinski definition) is 1. The van der Waals surface area contributed by atoms with Gasteiger partial charge in [0, 0.05) is 0 Å². The maximum Gasteiger partial charge on any atom is 0.138 e. The first-order valence-electron chi connectivity index (χ1n) is 7.29. The lowest BCUT2D eigenvalue weighted by molar-refractivity contribution is 0.0309. The summed E-state index contributed by atoms with van der Waals surface area (Å²) in [5.41, 5.74) is 1.25. The lowest BCUT2D eigenvalue weighted by atomic mass is 10.1. The van der Waals surface area contributed by atoms with E-state index in [2.05, 4.69) is 11.8 Å². The van der Waals surface area contributed by atoms with Crippen LogP contribution in [0.15, 0.2) is 18.2 Å². The van der Waals surface area contributed by atoms with Gasteiger partial charge in [0.05, 0.1) is 18.3 Å². The summed E-state index contributed by atoms with van der Waals surface area (Å²) < 4.78 is 19.4. The molecule has 1 aromatic carbocycles. The van der Waals surface area contributed by atoms with Gasteiger partial charge in [-0.25, -0.2) is 4.39 Å². The average Bonchev–Trinajstić information content (AvgIpc) is 2.73. The number of benzene rings is 1. The topological polar surface area (TPSA) is 29.5 Å². The second-order valence-corrected chi connectivity index (χ2v) is 5.20. The Morgan fingerprint density at radius 1 is 1.20 bits per heavy atom. The van der Waals surface area contributed by atoms with Gasteiger partial charge in [-0.3, -0.25) is 0 Å². The molecular weight excluding hydrogens is 255 g/mol. The fourth-order valence-electron chi connectivity index (χ4n) is 2.52. The molecule has 0 aliphatic heterocycles. The normalized spacial score (nSPS) is 16.3. The molecule has 0 bridgehead atoms. The molecule has 0 saturated heterocycles. The van der Waals surface area contributed by atoms with Gasteiger partial charge in [-0.05, 0) is 30.5 Å². The highest BCUT2D eigenvalue weighted by molar-refractivity contribution is 5.38. The molecule has 0 unspecified atom stereocenters. The highest BCUT2D eigenvalue weighted by atomic mass is 19.1. The number of rotatable bonds is 3. The van der Waals surface area contributed by atoms with Crippen molar-refractivity contribution < 1.29 is 14.2 Å². The highest BCUT2D eigenvalue weighted by Crippen LogP contribution is 2.21. The minimum absolute atomic E-state index is 0.262. The maximum atomic E-state index is 13.5. The van der Waals surface area contributed by atoms with E-state index in [1.807, 2.05) is 0 Å². The Balaban J connectivity index is 1.95. The molecule has 0 amide bonds. The van der Waals surface area contributed by atoms with Crippen molar-refractivity contribution in [3.63, 3.8) is 0 Å². The van der Waals surface area contributed by atoms with Gasteiger partial charge in [0.2, 0.25) is 0 Å². The molecule has 1 saturated carbocycles. The SMILES string of the molecule is OCC#Cc1cc(COC2CCCCCC2)ccc1F. The summed E-state index contributed by atoms with van der Waals surface area (Å²) in [5, 5.41) is 8.67. The summed E-state index contributed by atoms with van der Waals surface area (Å²) >= 11 is 0. The van der Waals surface area contributed by atoms with Gasteiger partial charge in [-0.15, -0.1) is 0 Å². The summed E-state index contributed by atoms with van der Waals surface area (Å²) in [6.45, 7) is 0.237. The molecule has 1 aliphatic carbocycles. The zero-order valence-corrected chi connectivity index (χ0v) is 11.7. The smallest absolute Gasteiger partial charge is 0.138 e. The number of halogens is 1. The van der Waals surface area contributed by atoms with Gasteiger partial charge < -0.3 is 9.84 Å². The minimum atomic E-state index is -0.357. The van der Waals surface area contributed by atoms with Gasteiger partial charge in [-0.2, -0.15) is 0 Å². The quantitative estimate of drug-likeness (QED) is 0.677. The summed E-state index contributed by atoms with van der Waals surface area (Å²) in [4.78, 5) is 0. The van der Waals surface area contributed by atoms with Gasteiger partial charge in [0.15, 0.2) is 0 Å². The van der Waals surface area contributed by atoms with Crippen LogP contribution in [0, 0.1) is 17.7 Å². The van der Waals surface area contributed by atoms with Crippen LogP contribution >= 0.6 is 0 Å². The number of aliphatic hydroxyl groups is 1. The van der Waals surface area contributed by atoms with Crippen LogP contribution in [0.5, 0.6) is 0 Å². The van der Waals surface area contributed by atoms with E-state index in [9.17, 15) is 4.39 Å². The molecule has 108 valence electrons. The van der Waals surface area contributed by atoms with E-state index in [1.54, 1.807) is 12.1 Å². The van der Waals surface area contributed by atoms with Crippen LogP contribution in [-0.4, -0.2) is 17.8 Å². The van der Waals surface area contributed by atoms with E-state index in [1.165, 1.54) is 31.7 Å². The summed E-state index contributed by atoms with van der Waals surface area (Å²) in [7, 11) is 0. The standard InChI is InChI=1S/C17H21FO2/c18-17-10-9-14(12-15(17)6-5-11-19)13-20-16-7-3-1-2-4-8-16/h9-10,12,16,19H,1-4,7-8,11,13H2. The van der Waals surface area contributed by atoms with Crippen LogP contribution in [0.4, 0.5) is 4.39 Å². The van der Waals surface area contributed by atoms with E-state index in [4.69, 9.17) is 9.84 Å². The fourth-order valence-corrected chi connectivity index (χ4v) is 2.52. The van der Waals surface area contributed by atoms with Crippen LogP contribution in [0.2, 0.25) is 0 Å². The van der Waals surface area contributed by atoms with Crippen molar-refractivity contribution in [3.05, 3.63) is 35.1 Å². The third kappa shape index (κ3) is 4.63. The van der Waals surface area contributed by atoms with Crippen molar-refractivity contribution in [2.24, 2.45) is 0 Å². The minimum Gasteiger partial charge on any atom is -0.384 e. The van der Waals surface area contributed by atoms with E-state index in [0.29, 0.717) is 18.3 Å². The van der Waals surface area contributed by atoms with Crippen LogP contribution in [-0.2, 0) is 11.3 Å². The summed E-state index contributed by atoms with van der Waals surface area (Å²) in [6.07, 6.45) is 7.66. The van der Waals surface area contributed by atoms with Gasteiger partial charge in [-0.1, -0.05) is 43.6 Å². The highest BCUT2D eigenvalue weighted by Gasteiger charge is 2.12. The Morgan fingerprint density at radius 2 is 1.95 bits per heavy atom. The van der Waals surface area contributed by atoms with Crippen molar-refractivity contribution >= 4 is 0 Å². The zero-order valence-electron chi connectivity index (χ0n) is 11.7. The Hall–Kier alpha value is -1.37. The summed E-state index contributed by atoms with van der Waals surface area (Å²) in [5.74, 6) is 4.73. The first-order chi connectivity index (χ1) is 9.79. The molecular formula is C17H21FO2. The summed E-state index contributed by atoms with van der Waals surface area (Å²) in [6, 6.07) is 4.85. The molecule has 0 heterocycles. The average molecular weight is 276 g/mol. The maximum absolute atomic E-state index is 13.5. The predicted molar refractivity (Wildman–Crippen MR) is 76.6 cm³/mol. The molecule has 0 radical (unpaired) electrons. The van der Waals surface area contributed by atoms with Gasteiger partial charge in [0.1, 0.15) is 12.4 Å². The predicted octanol–water partition coefficient (Wildman–Crippen LogP) is 3.41. The van der Waals surface area contributed by atoms with E-state index in [-0.39, 0.29) is 12.4 Å². The molecule has 1 aliphatic rings. The second kappa shape index (κ2) is 8.04. The van der Waals surface area contributed by atoms with Gasteiger partial charge >= 0.3 is 0 Å². The molecule has 1 fully saturated rings. The van der Waals surface area contributed by atoms with Gasteiger partial charge in [0.25, 0.3) is 0 Å². The van der Waals surface area contributed by atoms with E-state index < -0.39 is 0 Å². The largest absolute Gasteiger partial charge is 0.384 e. The molecule has 0 aromatic heterocycles. The Bertz CT molecular complexity index is 479. The first kappa shape index (κ1) is 15.0. The lowest BCUT2D eigenvalue weighted by Crippen LogP contribution is -2.11. The van der Waals surface area contributed by atoms with Crippen LogP contribution in [0.25, 0.3) is 0 Å². The van der Waals surface area contributed by atoms with Crippen molar-refractivity contribution in [1.29, 1.82) is 0 Å². The lowest BCUT2D eigenvalue weighted by Gasteiger charge is -2.15. The fraction of sp³-hybridized carbons (Fsp3) is 0.529. The van der Waals surface area contributed by atoms with Crippen LogP contribution in [0.1, 0.15) is 49.7 Å². The molecule has 2 nitrogen and oxygen atoms in total. The Morgan fingerprint density at radius 3 is 2.65 bits per heavy atom. The molecule has 20 heavy (non-hydrogen) atoms. The first-order valence-corrected chi connectivity index (χ1v) is 7.29. The molecule has 0 spiro atoms. The van der Waals surface area contributed by atoms with Crippen LogP contribution < -0.4 is 0 Å². The number of ether oxygens (including phenoxy) is 1. The van der Waals surface area contributed by atoms with Crippen LogP contribution in [0.3, 0.4) is 0 Å². The molecule has 3 heteroatoms. The van der Waals surface area contributed by atoms with E-state index >= 15 is 0 Å². The van der Waals surface area contributed by atoms with E-state index in [0.717, 1.165) is 18.4 Å². The number of hydrogen-bond acceptors (Lipinski definition) is 2. The number of aliphatic hydroxyl groups excluding tert-OH is 1. The molecule has 1 N–H and O–H groups in total. The zero-order chi connectivity index (χ0) is 14.2. The Labute approximate surface area is 120 Å². The Kier molecular flexibility index (Phi) is 6.04. The van der Waals surface area contributed by atoms with Crippen molar-refractivity contribution in [3.8, 4) is 11.8 Å². The molecule has 2 rings (SSSR count). The molecule has 1 aromatic rings. The second-order valence-electron chi connectivity index (χ2n) is 5.20.